The fourth-order valence-corrected chi connectivity index (χ4v) is 2.68. The first-order chi connectivity index (χ1) is 11.0. The molecule has 0 bridgehead atoms. The first-order valence-corrected chi connectivity index (χ1v) is 8.37. The van der Waals surface area contributed by atoms with Crippen LogP contribution >= 0.6 is 35.0 Å². The summed E-state index contributed by atoms with van der Waals surface area (Å²) in [4.78, 5) is 24.3. The Morgan fingerprint density at radius 1 is 1.09 bits per heavy atom. The van der Waals surface area contributed by atoms with Crippen LogP contribution in [0.3, 0.4) is 0 Å². The quantitative estimate of drug-likeness (QED) is 0.610. The number of amides is 1. The number of hydrogen-bond acceptors (Lipinski definition) is 4. The molecule has 2 aromatic rings. The molecule has 1 amide bonds. The highest BCUT2D eigenvalue weighted by Crippen LogP contribution is 2.25. The molecule has 120 valence electrons. The average Bonchev–Trinajstić information content (AvgIpc) is 2.55. The SMILES string of the molecule is O=C(COC(=O)CSc1ccccc1)Nc1cc(Cl)ccc1Cl. The van der Waals surface area contributed by atoms with Gasteiger partial charge in [-0.2, -0.15) is 0 Å². The Morgan fingerprint density at radius 3 is 2.57 bits per heavy atom. The molecular formula is C16H13Cl2NO3S. The van der Waals surface area contributed by atoms with Gasteiger partial charge in [0.05, 0.1) is 16.5 Å². The summed E-state index contributed by atoms with van der Waals surface area (Å²) in [5, 5.41) is 3.34. The molecule has 2 aromatic carbocycles. The van der Waals surface area contributed by atoms with Gasteiger partial charge in [0.15, 0.2) is 6.61 Å². The minimum atomic E-state index is -0.479. The van der Waals surface area contributed by atoms with E-state index in [9.17, 15) is 9.59 Å². The van der Waals surface area contributed by atoms with Gasteiger partial charge < -0.3 is 10.1 Å². The van der Waals surface area contributed by atoms with Crippen molar-refractivity contribution in [2.45, 2.75) is 4.90 Å². The topological polar surface area (TPSA) is 55.4 Å². The van der Waals surface area contributed by atoms with Crippen LogP contribution in [0.25, 0.3) is 0 Å². The van der Waals surface area contributed by atoms with Crippen LogP contribution in [0, 0.1) is 0 Å². The van der Waals surface area contributed by atoms with Crippen molar-refractivity contribution in [3.63, 3.8) is 0 Å². The number of anilines is 1. The van der Waals surface area contributed by atoms with Crippen molar-refractivity contribution in [3.8, 4) is 0 Å². The van der Waals surface area contributed by atoms with E-state index in [-0.39, 0.29) is 12.4 Å². The molecule has 0 aliphatic rings. The maximum atomic E-state index is 11.8. The molecule has 23 heavy (non-hydrogen) atoms. The number of benzene rings is 2. The maximum Gasteiger partial charge on any atom is 0.316 e. The summed E-state index contributed by atoms with van der Waals surface area (Å²) in [5.41, 5.74) is 0.374. The van der Waals surface area contributed by atoms with Crippen LogP contribution in [-0.2, 0) is 14.3 Å². The second-order valence-electron chi connectivity index (χ2n) is 4.43. The minimum Gasteiger partial charge on any atom is -0.455 e. The zero-order chi connectivity index (χ0) is 16.7. The van der Waals surface area contributed by atoms with E-state index in [0.29, 0.717) is 15.7 Å². The molecular weight excluding hydrogens is 357 g/mol. The van der Waals surface area contributed by atoms with Gasteiger partial charge in [-0.1, -0.05) is 41.4 Å². The van der Waals surface area contributed by atoms with Crippen molar-refractivity contribution in [2.24, 2.45) is 0 Å². The lowest BCUT2D eigenvalue weighted by molar-refractivity contribution is -0.144. The van der Waals surface area contributed by atoms with E-state index < -0.39 is 11.9 Å². The summed E-state index contributed by atoms with van der Waals surface area (Å²) in [5.74, 6) is -0.812. The van der Waals surface area contributed by atoms with Crippen LogP contribution in [0.1, 0.15) is 0 Å². The number of carbonyl (C=O) groups excluding carboxylic acids is 2. The van der Waals surface area contributed by atoms with Crippen LogP contribution < -0.4 is 5.32 Å². The molecule has 0 atom stereocenters. The number of esters is 1. The molecule has 4 nitrogen and oxygen atoms in total. The Morgan fingerprint density at radius 2 is 1.83 bits per heavy atom. The number of rotatable bonds is 6. The van der Waals surface area contributed by atoms with Gasteiger partial charge in [-0.05, 0) is 30.3 Å². The Balaban J connectivity index is 1.75. The molecule has 0 saturated carbocycles. The van der Waals surface area contributed by atoms with Crippen LogP contribution in [-0.4, -0.2) is 24.2 Å². The minimum absolute atomic E-state index is 0.134. The Hall–Kier alpha value is -1.69. The molecule has 0 aromatic heterocycles. The van der Waals surface area contributed by atoms with E-state index in [2.05, 4.69) is 5.32 Å². The Kier molecular flexibility index (Phi) is 6.77. The van der Waals surface area contributed by atoms with Crippen molar-refractivity contribution in [1.29, 1.82) is 0 Å². The van der Waals surface area contributed by atoms with Crippen molar-refractivity contribution in [3.05, 3.63) is 58.6 Å². The number of carbonyl (C=O) groups is 2. The molecule has 0 aliphatic heterocycles. The van der Waals surface area contributed by atoms with Crippen molar-refractivity contribution in [1.82, 2.24) is 0 Å². The molecule has 0 fully saturated rings. The van der Waals surface area contributed by atoms with Gasteiger partial charge in [0.2, 0.25) is 0 Å². The fourth-order valence-electron chi connectivity index (χ4n) is 1.63. The first-order valence-electron chi connectivity index (χ1n) is 6.63. The lowest BCUT2D eigenvalue weighted by atomic mass is 10.3. The van der Waals surface area contributed by atoms with Gasteiger partial charge in [-0.15, -0.1) is 11.8 Å². The second kappa shape index (κ2) is 8.82. The van der Waals surface area contributed by atoms with Gasteiger partial charge >= 0.3 is 5.97 Å². The van der Waals surface area contributed by atoms with Gasteiger partial charge in [-0.25, -0.2) is 0 Å². The molecule has 1 N–H and O–H groups in total. The van der Waals surface area contributed by atoms with E-state index >= 15 is 0 Å². The highest BCUT2D eigenvalue weighted by molar-refractivity contribution is 8.00. The number of thioether (sulfide) groups is 1. The predicted octanol–water partition coefficient (Wildman–Crippen LogP) is 4.27. The second-order valence-corrected chi connectivity index (χ2v) is 6.33. The van der Waals surface area contributed by atoms with Gasteiger partial charge in [-0.3, -0.25) is 9.59 Å². The maximum absolute atomic E-state index is 11.8. The summed E-state index contributed by atoms with van der Waals surface area (Å²) in [6, 6.07) is 14.2. The van der Waals surface area contributed by atoms with Crippen LogP contribution in [0.15, 0.2) is 53.4 Å². The van der Waals surface area contributed by atoms with Gasteiger partial charge in [0, 0.05) is 9.92 Å². The molecule has 0 saturated heterocycles. The lowest BCUT2D eigenvalue weighted by Crippen LogP contribution is -2.21. The third kappa shape index (κ3) is 6.14. The summed E-state index contributed by atoms with van der Waals surface area (Å²) in [7, 11) is 0. The zero-order valence-electron chi connectivity index (χ0n) is 11.9. The monoisotopic (exact) mass is 369 g/mol. The first kappa shape index (κ1) is 17.7. The third-order valence-electron chi connectivity index (χ3n) is 2.67. The zero-order valence-corrected chi connectivity index (χ0v) is 14.3. The number of ether oxygens (including phenoxy) is 1. The molecule has 0 spiro atoms. The Labute approximate surface area is 148 Å². The number of nitrogens with one attached hydrogen (secondary N) is 1. The highest BCUT2D eigenvalue weighted by atomic mass is 35.5. The average molecular weight is 370 g/mol. The molecule has 0 unspecified atom stereocenters. The standard InChI is InChI=1S/C16H13Cl2NO3S/c17-11-6-7-13(18)14(8-11)19-15(20)9-22-16(21)10-23-12-4-2-1-3-5-12/h1-8H,9-10H2,(H,19,20). The normalized spacial score (nSPS) is 10.2. The van der Waals surface area contributed by atoms with Gasteiger partial charge in [0.25, 0.3) is 5.91 Å². The summed E-state index contributed by atoms with van der Waals surface area (Å²) < 4.78 is 4.92. The molecule has 0 aliphatic carbocycles. The summed E-state index contributed by atoms with van der Waals surface area (Å²) in [6.07, 6.45) is 0. The van der Waals surface area contributed by atoms with Gasteiger partial charge in [0.1, 0.15) is 0 Å². The highest BCUT2D eigenvalue weighted by Gasteiger charge is 2.10. The number of halogens is 2. The van der Waals surface area contributed by atoms with Crippen LogP contribution in [0.2, 0.25) is 10.0 Å². The molecule has 0 radical (unpaired) electrons. The Bertz CT molecular complexity index is 695. The largest absolute Gasteiger partial charge is 0.455 e. The lowest BCUT2D eigenvalue weighted by Gasteiger charge is -2.08. The van der Waals surface area contributed by atoms with Crippen molar-refractivity contribution >= 4 is 52.5 Å². The molecule has 7 heteroatoms. The predicted molar refractivity (Wildman–Crippen MR) is 93.2 cm³/mol. The van der Waals surface area contributed by atoms with Crippen molar-refractivity contribution < 1.29 is 14.3 Å². The van der Waals surface area contributed by atoms with E-state index in [4.69, 9.17) is 27.9 Å². The summed E-state index contributed by atoms with van der Waals surface area (Å²) >= 11 is 13.1. The third-order valence-corrected chi connectivity index (χ3v) is 4.22. The molecule has 0 heterocycles. The van der Waals surface area contributed by atoms with E-state index in [1.165, 1.54) is 17.8 Å². The van der Waals surface area contributed by atoms with E-state index in [1.807, 2.05) is 30.3 Å². The van der Waals surface area contributed by atoms with Crippen LogP contribution in [0.5, 0.6) is 0 Å². The van der Waals surface area contributed by atoms with Crippen molar-refractivity contribution in [2.75, 3.05) is 17.7 Å². The smallest absolute Gasteiger partial charge is 0.316 e. The number of hydrogen-bond donors (Lipinski definition) is 1. The molecule has 2 rings (SSSR count). The van der Waals surface area contributed by atoms with E-state index in [0.717, 1.165) is 4.90 Å². The fraction of sp³-hybridized carbons (Fsp3) is 0.125. The van der Waals surface area contributed by atoms with E-state index in [1.54, 1.807) is 12.1 Å². The van der Waals surface area contributed by atoms with Crippen LogP contribution in [0.4, 0.5) is 5.69 Å². The summed E-state index contributed by atoms with van der Waals surface area (Å²) in [6.45, 7) is -0.378.